The SMILES string of the molecule is Cc1ccc2c(-c3cc(C)c(F)cc3C)[n+](C)cnc2c1. The van der Waals surface area contributed by atoms with Crippen LogP contribution in [0.5, 0.6) is 0 Å². The molecule has 0 saturated carbocycles. The van der Waals surface area contributed by atoms with Gasteiger partial charge in [-0.05, 0) is 66.7 Å². The lowest BCUT2D eigenvalue weighted by atomic mass is 9.98. The number of aryl methyl sites for hydroxylation is 4. The van der Waals surface area contributed by atoms with Gasteiger partial charge in [-0.2, -0.15) is 0 Å². The van der Waals surface area contributed by atoms with E-state index in [4.69, 9.17) is 0 Å². The Morgan fingerprint density at radius 2 is 1.76 bits per heavy atom. The lowest BCUT2D eigenvalue weighted by Gasteiger charge is -2.10. The van der Waals surface area contributed by atoms with Crippen LogP contribution in [0.15, 0.2) is 36.7 Å². The summed E-state index contributed by atoms with van der Waals surface area (Å²) in [6, 6.07) is 9.76. The molecule has 3 aromatic rings. The molecule has 0 aliphatic carbocycles. The molecule has 0 aliphatic rings. The fourth-order valence-electron chi connectivity index (χ4n) is 2.72. The monoisotopic (exact) mass is 281 g/mol. The summed E-state index contributed by atoms with van der Waals surface area (Å²) >= 11 is 0. The van der Waals surface area contributed by atoms with E-state index < -0.39 is 0 Å². The van der Waals surface area contributed by atoms with Gasteiger partial charge in [-0.3, -0.25) is 0 Å². The van der Waals surface area contributed by atoms with Crippen molar-refractivity contribution >= 4 is 10.9 Å². The molecule has 0 amide bonds. The lowest BCUT2D eigenvalue weighted by molar-refractivity contribution is -0.662. The van der Waals surface area contributed by atoms with E-state index in [1.807, 2.05) is 30.9 Å². The molecule has 0 radical (unpaired) electrons. The smallest absolute Gasteiger partial charge is 0.232 e. The molecule has 21 heavy (non-hydrogen) atoms. The van der Waals surface area contributed by atoms with Crippen LogP contribution < -0.4 is 4.57 Å². The molecule has 2 nitrogen and oxygen atoms in total. The third-order valence-electron chi connectivity index (χ3n) is 3.89. The average Bonchev–Trinajstić information content (AvgIpc) is 2.44. The number of benzene rings is 2. The molecule has 0 N–H and O–H groups in total. The highest BCUT2D eigenvalue weighted by molar-refractivity contribution is 5.91. The van der Waals surface area contributed by atoms with Gasteiger partial charge in [0.05, 0.1) is 12.4 Å². The maximum atomic E-state index is 13.7. The van der Waals surface area contributed by atoms with Gasteiger partial charge >= 0.3 is 0 Å². The highest BCUT2D eigenvalue weighted by Crippen LogP contribution is 2.29. The van der Waals surface area contributed by atoms with Crippen LogP contribution in [0, 0.1) is 26.6 Å². The van der Waals surface area contributed by atoms with E-state index in [2.05, 4.69) is 30.1 Å². The largest absolute Gasteiger partial charge is 0.287 e. The number of rotatable bonds is 1. The van der Waals surface area contributed by atoms with E-state index in [0.717, 1.165) is 27.7 Å². The van der Waals surface area contributed by atoms with Gasteiger partial charge in [-0.15, -0.1) is 0 Å². The maximum Gasteiger partial charge on any atom is 0.287 e. The molecule has 3 rings (SSSR count). The summed E-state index contributed by atoms with van der Waals surface area (Å²) in [5.74, 6) is -0.159. The van der Waals surface area contributed by atoms with Gasteiger partial charge in [0.2, 0.25) is 0 Å². The summed E-state index contributed by atoms with van der Waals surface area (Å²) in [5, 5.41) is 1.08. The highest BCUT2D eigenvalue weighted by atomic mass is 19.1. The van der Waals surface area contributed by atoms with Crippen molar-refractivity contribution in [1.29, 1.82) is 0 Å². The van der Waals surface area contributed by atoms with Crippen LogP contribution >= 0.6 is 0 Å². The lowest BCUT2D eigenvalue weighted by Crippen LogP contribution is -2.31. The zero-order chi connectivity index (χ0) is 15.1. The predicted molar refractivity (Wildman–Crippen MR) is 82.5 cm³/mol. The minimum absolute atomic E-state index is 0.159. The second kappa shape index (κ2) is 4.92. The standard InChI is InChI=1S/C18H18FN2/c1-11-5-6-14-17(7-11)20-10-21(4)18(14)15-8-13(3)16(19)9-12(15)2/h5-10H,1-4H3/q+1. The topological polar surface area (TPSA) is 16.8 Å². The van der Waals surface area contributed by atoms with Gasteiger partial charge in [0.25, 0.3) is 6.33 Å². The average molecular weight is 281 g/mol. The Morgan fingerprint density at radius 1 is 1.00 bits per heavy atom. The van der Waals surface area contributed by atoms with Crippen molar-refractivity contribution < 1.29 is 8.96 Å². The summed E-state index contributed by atoms with van der Waals surface area (Å²) in [6.45, 7) is 5.80. The molecule has 0 atom stereocenters. The van der Waals surface area contributed by atoms with E-state index in [1.165, 1.54) is 5.56 Å². The minimum atomic E-state index is -0.159. The van der Waals surface area contributed by atoms with E-state index in [1.54, 1.807) is 13.0 Å². The number of halogens is 1. The van der Waals surface area contributed by atoms with Gasteiger partial charge in [0, 0.05) is 5.56 Å². The van der Waals surface area contributed by atoms with E-state index in [9.17, 15) is 4.39 Å². The Hall–Kier alpha value is -2.29. The molecule has 106 valence electrons. The fourth-order valence-corrected chi connectivity index (χ4v) is 2.72. The van der Waals surface area contributed by atoms with Crippen LogP contribution in [-0.4, -0.2) is 4.98 Å². The quantitative estimate of drug-likeness (QED) is 0.620. The molecule has 1 aromatic heterocycles. The summed E-state index contributed by atoms with van der Waals surface area (Å²) in [6.07, 6.45) is 1.81. The van der Waals surface area contributed by atoms with E-state index in [0.29, 0.717) is 5.56 Å². The molecule has 0 fully saturated rings. The number of nitrogens with zero attached hydrogens (tertiary/aromatic N) is 2. The first kappa shape index (κ1) is 13.7. The predicted octanol–water partition coefficient (Wildman–Crippen LogP) is 3.79. The van der Waals surface area contributed by atoms with Gasteiger partial charge < -0.3 is 0 Å². The van der Waals surface area contributed by atoms with Crippen LogP contribution in [0.2, 0.25) is 0 Å². The van der Waals surface area contributed by atoms with E-state index >= 15 is 0 Å². The van der Waals surface area contributed by atoms with Crippen molar-refractivity contribution in [3.63, 3.8) is 0 Å². The number of hydrogen-bond donors (Lipinski definition) is 0. The second-order valence-corrected chi connectivity index (χ2v) is 5.64. The van der Waals surface area contributed by atoms with Crippen molar-refractivity contribution in [2.75, 3.05) is 0 Å². The Balaban J connectivity index is 2.39. The Bertz CT molecular complexity index is 853. The molecule has 3 heteroatoms. The molecule has 0 saturated heterocycles. The Morgan fingerprint density at radius 3 is 2.52 bits per heavy atom. The Kier molecular flexibility index (Phi) is 3.20. The van der Waals surface area contributed by atoms with Crippen molar-refractivity contribution in [3.8, 4) is 11.3 Å². The molecular formula is C18H18FN2+. The van der Waals surface area contributed by atoms with Crippen LogP contribution in [0.3, 0.4) is 0 Å². The summed E-state index contributed by atoms with van der Waals surface area (Å²) in [5.41, 5.74) is 5.86. The molecule has 0 aliphatic heterocycles. The molecule has 0 unspecified atom stereocenters. The van der Waals surface area contributed by atoms with Crippen molar-refractivity contribution in [2.45, 2.75) is 20.8 Å². The molecule has 1 heterocycles. The summed E-state index contributed by atoms with van der Waals surface area (Å²) < 4.78 is 15.7. The van der Waals surface area contributed by atoms with Gasteiger partial charge in [-0.1, -0.05) is 6.07 Å². The normalized spacial score (nSPS) is 11.1. The fraction of sp³-hybridized carbons (Fsp3) is 0.222. The highest BCUT2D eigenvalue weighted by Gasteiger charge is 2.17. The maximum absolute atomic E-state index is 13.7. The zero-order valence-electron chi connectivity index (χ0n) is 12.7. The third-order valence-corrected chi connectivity index (χ3v) is 3.89. The van der Waals surface area contributed by atoms with Gasteiger partial charge in [0.1, 0.15) is 11.5 Å². The van der Waals surface area contributed by atoms with Crippen LogP contribution in [0.4, 0.5) is 4.39 Å². The number of fused-ring (bicyclic) bond motifs is 1. The molecular weight excluding hydrogens is 263 g/mol. The van der Waals surface area contributed by atoms with E-state index in [-0.39, 0.29) is 5.82 Å². The Labute approximate surface area is 123 Å². The molecule has 0 spiro atoms. The van der Waals surface area contributed by atoms with Crippen LogP contribution in [0.1, 0.15) is 16.7 Å². The number of aromatic nitrogens is 2. The first-order chi connectivity index (χ1) is 9.97. The molecule has 0 bridgehead atoms. The van der Waals surface area contributed by atoms with Gasteiger partial charge in [0.15, 0.2) is 5.52 Å². The second-order valence-electron chi connectivity index (χ2n) is 5.64. The summed E-state index contributed by atoms with van der Waals surface area (Å²) in [4.78, 5) is 4.49. The van der Waals surface area contributed by atoms with Crippen LogP contribution in [-0.2, 0) is 7.05 Å². The van der Waals surface area contributed by atoms with Crippen molar-refractivity contribution in [1.82, 2.24) is 4.98 Å². The first-order valence-corrected chi connectivity index (χ1v) is 6.99. The summed E-state index contributed by atoms with van der Waals surface area (Å²) in [7, 11) is 1.97. The zero-order valence-corrected chi connectivity index (χ0v) is 12.7. The number of hydrogen-bond acceptors (Lipinski definition) is 1. The first-order valence-electron chi connectivity index (χ1n) is 6.99. The van der Waals surface area contributed by atoms with Crippen LogP contribution in [0.25, 0.3) is 22.2 Å². The minimum Gasteiger partial charge on any atom is -0.232 e. The third kappa shape index (κ3) is 2.29. The molecule has 2 aromatic carbocycles. The van der Waals surface area contributed by atoms with Crippen molar-refractivity contribution in [3.05, 3.63) is 59.2 Å². The van der Waals surface area contributed by atoms with Gasteiger partial charge in [-0.25, -0.2) is 8.96 Å². The van der Waals surface area contributed by atoms with Crippen molar-refractivity contribution in [2.24, 2.45) is 7.05 Å².